The van der Waals surface area contributed by atoms with E-state index in [4.69, 9.17) is 0 Å². The third kappa shape index (κ3) is 2.20. The number of fused-ring (bicyclic) bond motifs is 1. The molecule has 2 N–H and O–H groups in total. The lowest BCUT2D eigenvalue weighted by molar-refractivity contribution is -0.116. The van der Waals surface area contributed by atoms with Crippen LogP contribution >= 0.6 is 0 Å². The number of aromatic nitrogens is 2. The fourth-order valence-corrected chi connectivity index (χ4v) is 2.09. The van der Waals surface area contributed by atoms with Crippen LogP contribution in [0.15, 0.2) is 36.5 Å². The summed E-state index contributed by atoms with van der Waals surface area (Å²) in [6.45, 7) is 0.430. The third-order valence-corrected chi connectivity index (χ3v) is 3.01. The lowest BCUT2D eigenvalue weighted by Gasteiger charge is -2.18. The number of nitrogens with one attached hydrogen (secondary N) is 2. The number of carbonyl (C=O) groups is 2. The van der Waals surface area contributed by atoms with E-state index in [0.29, 0.717) is 12.2 Å². The van der Waals surface area contributed by atoms with Gasteiger partial charge in [0.1, 0.15) is 12.2 Å². The van der Waals surface area contributed by atoms with Crippen molar-refractivity contribution in [1.29, 1.82) is 0 Å². The molecule has 0 saturated heterocycles. The van der Waals surface area contributed by atoms with Crippen molar-refractivity contribution in [3.8, 4) is 0 Å². The molecule has 0 aliphatic carbocycles. The van der Waals surface area contributed by atoms with E-state index in [1.165, 1.54) is 11.1 Å². The van der Waals surface area contributed by atoms with Gasteiger partial charge in [0.25, 0.3) is 5.91 Å². The van der Waals surface area contributed by atoms with Crippen LogP contribution in [-0.4, -0.2) is 33.5 Å². The van der Waals surface area contributed by atoms with Gasteiger partial charge >= 0.3 is 0 Å². The van der Waals surface area contributed by atoms with Crippen molar-refractivity contribution in [1.82, 2.24) is 15.1 Å². The molecule has 2 aromatic rings. The fraction of sp³-hybridized carbons (Fsp3) is 0.154. The molecule has 0 unspecified atom stereocenters. The third-order valence-electron chi connectivity index (χ3n) is 3.01. The normalized spacial score (nSPS) is 14.5. The maximum absolute atomic E-state index is 12.2. The molecule has 0 fully saturated rings. The minimum absolute atomic E-state index is 0.0343. The van der Waals surface area contributed by atoms with Crippen molar-refractivity contribution in [2.24, 2.45) is 0 Å². The summed E-state index contributed by atoms with van der Waals surface area (Å²) >= 11 is 0. The van der Waals surface area contributed by atoms with E-state index in [1.807, 2.05) is 24.3 Å². The first-order valence-electron chi connectivity index (χ1n) is 5.90. The Hall–Kier alpha value is -2.63. The Balaban J connectivity index is 1.92. The lowest BCUT2D eigenvalue weighted by atomic mass is 10.1. The maximum Gasteiger partial charge on any atom is 0.272 e. The van der Waals surface area contributed by atoms with E-state index in [0.717, 1.165) is 11.3 Å². The Morgan fingerprint density at radius 1 is 1.21 bits per heavy atom. The molecule has 1 aliphatic heterocycles. The second kappa shape index (κ2) is 4.56. The molecular weight excluding hydrogens is 244 g/mol. The van der Waals surface area contributed by atoms with E-state index in [1.54, 1.807) is 6.07 Å². The highest BCUT2D eigenvalue weighted by molar-refractivity contribution is 5.99. The van der Waals surface area contributed by atoms with Gasteiger partial charge in [-0.05, 0) is 17.7 Å². The molecule has 6 nitrogen and oxygen atoms in total. The minimum atomic E-state index is -0.232. The molecule has 3 rings (SSSR count). The highest BCUT2D eigenvalue weighted by Gasteiger charge is 2.24. The predicted octanol–water partition coefficient (Wildman–Crippen LogP) is 1.00. The number of rotatable bonds is 1. The maximum atomic E-state index is 12.2. The van der Waals surface area contributed by atoms with Crippen molar-refractivity contribution >= 4 is 17.5 Å². The second-order valence-electron chi connectivity index (χ2n) is 4.34. The van der Waals surface area contributed by atoms with Crippen LogP contribution in [0.1, 0.15) is 16.1 Å². The molecule has 1 aromatic heterocycles. The number of hydrogen-bond donors (Lipinski definition) is 2. The van der Waals surface area contributed by atoms with Gasteiger partial charge in [-0.2, -0.15) is 5.10 Å². The first kappa shape index (κ1) is 11.5. The van der Waals surface area contributed by atoms with Gasteiger partial charge in [-0.15, -0.1) is 0 Å². The highest BCUT2D eigenvalue weighted by Crippen LogP contribution is 2.21. The van der Waals surface area contributed by atoms with E-state index in [2.05, 4.69) is 15.5 Å². The van der Waals surface area contributed by atoms with Crippen LogP contribution in [0, 0.1) is 0 Å². The first-order valence-corrected chi connectivity index (χ1v) is 5.90. The second-order valence-corrected chi connectivity index (χ2v) is 4.34. The number of nitrogens with zero attached hydrogens (tertiary/aromatic N) is 2. The molecule has 0 atom stereocenters. The number of hydrogen-bond acceptors (Lipinski definition) is 3. The summed E-state index contributed by atoms with van der Waals surface area (Å²) in [5.74, 6) is -0.429. The summed E-state index contributed by atoms with van der Waals surface area (Å²) in [6.07, 6.45) is 1.51. The van der Waals surface area contributed by atoms with Crippen molar-refractivity contribution in [3.63, 3.8) is 0 Å². The lowest BCUT2D eigenvalue weighted by Crippen LogP contribution is -2.35. The fourth-order valence-electron chi connectivity index (χ4n) is 2.09. The average Bonchev–Trinajstić information content (AvgIpc) is 2.87. The van der Waals surface area contributed by atoms with E-state index in [-0.39, 0.29) is 18.4 Å². The molecule has 0 bridgehead atoms. The average molecular weight is 256 g/mol. The summed E-state index contributed by atoms with van der Waals surface area (Å²) in [7, 11) is 0. The standard InChI is InChI=1S/C13H12N4O2/c18-12-8-17(13(19)11-5-6-14-16-11)7-9-3-1-2-4-10(9)15-12/h1-6H,7-8H2,(H,14,16)(H,15,18). The summed E-state index contributed by atoms with van der Waals surface area (Å²) in [6, 6.07) is 9.06. The summed E-state index contributed by atoms with van der Waals surface area (Å²) in [5, 5.41) is 9.17. The van der Waals surface area contributed by atoms with Crippen molar-refractivity contribution < 1.29 is 9.59 Å². The van der Waals surface area contributed by atoms with Crippen molar-refractivity contribution in [3.05, 3.63) is 47.8 Å². The van der Waals surface area contributed by atoms with Crippen LogP contribution in [-0.2, 0) is 11.3 Å². The number of aromatic amines is 1. The SMILES string of the molecule is O=C1CN(C(=O)c2ccn[nH]2)Cc2ccccc2N1. The smallest absolute Gasteiger partial charge is 0.272 e. The number of amides is 2. The molecule has 0 spiro atoms. The van der Waals surface area contributed by atoms with Crippen LogP contribution in [0.3, 0.4) is 0 Å². The molecule has 1 aliphatic rings. The number of H-pyrrole nitrogens is 1. The molecule has 2 amide bonds. The number of benzene rings is 1. The zero-order chi connectivity index (χ0) is 13.2. The van der Waals surface area contributed by atoms with Crippen molar-refractivity contribution in [2.75, 3.05) is 11.9 Å². The Bertz CT molecular complexity index is 621. The topological polar surface area (TPSA) is 78.1 Å². The van der Waals surface area contributed by atoms with Crippen LogP contribution in [0.4, 0.5) is 5.69 Å². The molecule has 96 valence electrons. The van der Waals surface area contributed by atoms with Gasteiger partial charge in [-0.3, -0.25) is 14.7 Å². The quantitative estimate of drug-likeness (QED) is 0.799. The van der Waals surface area contributed by atoms with Gasteiger partial charge in [-0.25, -0.2) is 0 Å². The summed E-state index contributed by atoms with van der Waals surface area (Å²) < 4.78 is 0. The zero-order valence-corrected chi connectivity index (χ0v) is 10.1. The van der Waals surface area contributed by atoms with Gasteiger partial charge in [0.05, 0.1) is 0 Å². The Morgan fingerprint density at radius 3 is 2.84 bits per heavy atom. The number of carbonyl (C=O) groups excluding carboxylic acids is 2. The summed E-state index contributed by atoms with van der Waals surface area (Å²) in [4.78, 5) is 25.5. The monoisotopic (exact) mass is 256 g/mol. The molecule has 6 heteroatoms. The Kier molecular flexibility index (Phi) is 2.75. The molecular formula is C13H12N4O2. The molecule has 0 radical (unpaired) electrons. The van der Waals surface area contributed by atoms with Crippen molar-refractivity contribution in [2.45, 2.75) is 6.54 Å². The molecule has 19 heavy (non-hydrogen) atoms. The van der Waals surface area contributed by atoms with E-state index >= 15 is 0 Å². The van der Waals surface area contributed by atoms with Gasteiger partial charge in [0.15, 0.2) is 0 Å². The van der Waals surface area contributed by atoms with E-state index < -0.39 is 0 Å². The molecule has 2 heterocycles. The number of anilines is 1. The number of para-hydroxylation sites is 1. The van der Waals surface area contributed by atoms with Gasteiger partial charge in [-0.1, -0.05) is 18.2 Å². The van der Waals surface area contributed by atoms with E-state index in [9.17, 15) is 9.59 Å². The van der Waals surface area contributed by atoms with Crippen LogP contribution < -0.4 is 5.32 Å². The molecule has 0 saturated carbocycles. The first-order chi connectivity index (χ1) is 9.24. The summed E-state index contributed by atoms with van der Waals surface area (Å²) in [5.41, 5.74) is 2.06. The van der Waals surface area contributed by atoms with Gasteiger partial charge < -0.3 is 10.2 Å². The zero-order valence-electron chi connectivity index (χ0n) is 10.1. The van der Waals surface area contributed by atoms with Gasteiger partial charge in [0.2, 0.25) is 5.91 Å². The largest absolute Gasteiger partial charge is 0.324 e. The minimum Gasteiger partial charge on any atom is -0.324 e. The highest BCUT2D eigenvalue weighted by atomic mass is 16.2. The van der Waals surface area contributed by atoms with Crippen LogP contribution in [0.5, 0.6) is 0 Å². The molecule has 1 aromatic carbocycles. The van der Waals surface area contributed by atoms with Crippen LogP contribution in [0.2, 0.25) is 0 Å². The van der Waals surface area contributed by atoms with Gasteiger partial charge in [0, 0.05) is 18.4 Å². The predicted molar refractivity (Wildman–Crippen MR) is 68.4 cm³/mol. The van der Waals surface area contributed by atoms with Crippen LogP contribution in [0.25, 0.3) is 0 Å². The Labute approximate surface area is 109 Å². The Morgan fingerprint density at radius 2 is 2.05 bits per heavy atom.